The van der Waals surface area contributed by atoms with Gasteiger partial charge < -0.3 is 4.74 Å². The maximum Gasteiger partial charge on any atom is 0.573 e. The molecule has 0 saturated carbocycles. The number of aryl methyl sites for hydroxylation is 1. The smallest absolute Gasteiger partial charge is 0.406 e. The Balaban J connectivity index is 0.00000137. The van der Waals surface area contributed by atoms with E-state index >= 15 is 0 Å². The summed E-state index contributed by atoms with van der Waals surface area (Å²) in [7, 11) is 0. The third-order valence-corrected chi connectivity index (χ3v) is 2.69. The van der Waals surface area contributed by atoms with Crippen LogP contribution in [0, 0.1) is 6.92 Å². The van der Waals surface area contributed by atoms with Gasteiger partial charge >= 0.3 is 6.36 Å². The van der Waals surface area contributed by atoms with Crippen LogP contribution in [-0.4, -0.2) is 6.36 Å². The highest BCUT2D eigenvalue weighted by atomic mass is 32.2. The van der Waals surface area contributed by atoms with Crippen molar-refractivity contribution in [1.82, 2.24) is 0 Å². The van der Waals surface area contributed by atoms with Crippen molar-refractivity contribution in [1.29, 1.82) is 0 Å². The van der Waals surface area contributed by atoms with Gasteiger partial charge in [-0.15, -0.1) is 13.2 Å². The second-order valence-corrected chi connectivity index (χ2v) is 4.62. The molecule has 18 heavy (non-hydrogen) atoms. The summed E-state index contributed by atoms with van der Waals surface area (Å²) in [6.45, 7) is 11.3. The highest BCUT2D eigenvalue weighted by molar-refractivity contribution is 8.03. The molecule has 5 heteroatoms. The molecule has 1 rings (SSSR count). The van der Waals surface area contributed by atoms with Crippen LogP contribution in [0.4, 0.5) is 13.2 Å². The molecule has 0 bridgehead atoms. The molecule has 1 aromatic carbocycles. The zero-order chi connectivity index (χ0) is 14.3. The lowest BCUT2D eigenvalue weighted by Gasteiger charge is -2.11. The van der Waals surface area contributed by atoms with E-state index in [0.29, 0.717) is 4.90 Å². The average molecular weight is 278 g/mol. The van der Waals surface area contributed by atoms with Gasteiger partial charge in [-0.05, 0) is 36.4 Å². The second kappa shape index (κ2) is 7.36. The molecule has 0 heterocycles. The molecule has 0 unspecified atom stereocenters. The second-order valence-electron chi connectivity index (χ2n) is 3.28. The van der Waals surface area contributed by atoms with Crippen molar-refractivity contribution in [3.05, 3.63) is 35.2 Å². The lowest BCUT2D eigenvalue weighted by atomic mass is 10.2. The Hall–Kier alpha value is -1.10. The van der Waals surface area contributed by atoms with Crippen LogP contribution in [0.3, 0.4) is 0 Å². The summed E-state index contributed by atoms with van der Waals surface area (Å²) in [5.74, 6) is -0.207. The van der Waals surface area contributed by atoms with Crippen molar-refractivity contribution in [3.63, 3.8) is 0 Å². The van der Waals surface area contributed by atoms with Gasteiger partial charge in [0.15, 0.2) is 0 Å². The van der Waals surface area contributed by atoms with Crippen LogP contribution in [0.25, 0.3) is 0 Å². The van der Waals surface area contributed by atoms with Crippen LogP contribution < -0.4 is 4.74 Å². The number of ether oxygens (including phenoxy) is 1. The van der Waals surface area contributed by atoms with Crippen molar-refractivity contribution >= 4 is 11.8 Å². The van der Waals surface area contributed by atoms with E-state index in [1.54, 1.807) is 13.0 Å². The fraction of sp³-hybridized carbons (Fsp3) is 0.385. The first-order valence-corrected chi connectivity index (χ1v) is 6.29. The Morgan fingerprint density at radius 1 is 1.28 bits per heavy atom. The molecule has 0 fully saturated rings. The Morgan fingerprint density at radius 2 is 1.83 bits per heavy atom. The van der Waals surface area contributed by atoms with Gasteiger partial charge in [0.05, 0.1) is 0 Å². The number of halogens is 3. The summed E-state index contributed by atoms with van der Waals surface area (Å²) in [4.78, 5) is 1.53. The van der Waals surface area contributed by atoms with Crippen molar-refractivity contribution in [2.24, 2.45) is 0 Å². The Labute approximate surface area is 110 Å². The van der Waals surface area contributed by atoms with E-state index in [1.807, 2.05) is 20.8 Å². The normalized spacial score (nSPS) is 10.4. The Kier molecular flexibility index (Phi) is 6.91. The third-order valence-electron chi connectivity index (χ3n) is 1.68. The fourth-order valence-corrected chi connectivity index (χ4v) is 1.85. The lowest BCUT2D eigenvalue weighted by Crippen LogP contribution is -2.17. The SMILES string of the molecule is C=C(C)Sc1cc(OC(F)(F)F)ccc1C.CC. The molecular formula is C13H17F3OS. The van der Waals surface area contributed by atoms with Gasteiger partial charge in [0.1, 0.15) is 5.75 Å². The molecule has 0 spiro atoms. The van der Waals surface area contributed by atoms with Gasteiger partial charge in [0.25, 0.3) is 0 Å². The Morgan fingerprint density at radius 3 is 2.28 bits per heavy atom. The molecular weight excluding hydrogens is 261 g/mol. The number of alkyl halides is 3. The highest BCUT2D eigenvalue weighted by Gasteiger charge is 2.31. The highest BCUT2D eigenvalue weighted by Crippen LogP contribution is 2.32. The lowest BCUT2D eigenvalue weighted by molar-refractivity contribution is -0.274. The van der Waals surface area contributed by atoms with Gasteiger partial charge in [-0.1, -0.05) is 38.3 Å². The van der Waals surface area contributed by atoms with E-state index < -0.39 is 6.36 Å². The minimum atomic E-state index is -4.65. The average Bonchev–Trinajstić information content (AvgIpc) is 2.23. The number of thioether (sulfide) groups is 1. The molecule has 0 aromatic heterocycles. The van der Waals surface area contributed by atoms with Crippen molar-refractivity contribution in [3.8, 4) is 5.75 Å². The summed E-state index contributed by atoms with van der Waals surface area (Å²) >= 11 is 1.32. The minimum absolute atomic E-state index is 0.207. The molecule has 0 aliphatic carbocycles. The van der Waals surface area contributed by atoms with E-state index in [0.717, 1.165) is 10.5 Å². The van der Waals surface area contributed by atoms with Gasteiger partial charge in [-0.2, -0.15) is 0 Å². The van der Waals surface area contributed by atoms with Gasteiger partial charge in [-0.25, -0.2) is 0 Å². The number of hydrogen-bond acceptors (Lipinski definition) is 2. The molecule has 0 aliphatic rings. The minimum Gasteiger partial charge on any atom is -0.406 e. The first-order chi connectivity index (χ1) is 8.28. The number of hydrogen-bond donors (Lipinski definition) is 0. The molecule has 1 aromatic rings. The fourth-order valence-electron chi connectivity index (χ4n) is 1.08. The molecule has 0 saturated heterocycles. The van der Waals surface area contributed by atoms with Gasteiger partial charge in [0, 0.05) is 4.90 Å². The molecule has 0 radical (unpaired) electrons. The predicted molar refractivity (Wildman–Crippen MR) is 69.9 cm³/mol. The maximum atomic E-state index is 12.0. The summed E-state index contributed by atoms with van der Waals surface area (Å²) in [6, 6.07) is 4.25. The largest absolute Gasteiger partial charge is 0.573 e. The van der Waals surface area contributed by atoms with Crippen LogP contribution in [0.1, 0.15) is 26.3 Å². The molecule has 0 amide bonds. The van der Waals surface area contributed by atoms with Gasteiger partial charge in [0.2, 0.25) is 0 Å². The van der Waals surface area contributed by atoms with Crippen LogP contribution in [0.15, 0.2) is 34.6 Å². The summed E-state index contributed by atoms with van der Waals surface area (Å²) in [5.41, 5.74) is 0.891. The maximum absolute atomic E-state index is 12.0. The van der Waals surface area contributed by atoms with Crippen LogP contribution in [-0.2, 0) is 0 Å². The van der Waals surface area contributed by atoms with E-state index in [9.17, 15) is 13.2 Å². The van der Waals surface area contributed by atoms with Gasteiger partial charge in [-0.3, -0.25) is 0 Å². The van der Waals surface area contributed by atoms with E-state index in [2.05, 4.69) is 11.3 Å². The molecule has 0 aliphatic heterocycles. The summed E-state index contributed by atoms with van der Waals surface area (Å²) < 4.78 is 39.8. The van der Waals surface area contributed by atoms with Crippen molar-refractivity contribution in [2.45, 2.75) is 39.0 Å². The molecule has 0 N–H and O–H groups in total. The Bertz CT molecular complexity index is 400. The van der Waals surface area contributed by atoms with Crippen LogP contribution >= 0.6 is 11.8 Å². The summed E-state index contributed by atoms with van der Waals surface area (Å²) in [5, 5.41) is 0. The first-order valence-electron chi connectivity index (χ1n) is 5.48. The number of rotatable bonds is 3. The summed E-state index contributed by atoms with van der Waals surface area (Å²) in [6.07, 6.45) is -4.65. The standard InChI is InChI=1S/C11H11F3OS.C2H6/c1-7(2)16-10-6-9(5-4-8(10)3)15-11(12,13)14;1-2/h4-6H,1H2,2-3H3;1-2H3. The predicted octanol–water partition coefficient (Wildman–Crippen LogP) is 5.55. The topological polar surface area (TPSA) is 9.23 Å². The van der Waals surface area contributed by atoms with Crippen molar-refractivity contribution < 1.29 is 17.9 Å². The quantitative estimate of drug-likeness (QED) is 0.671. The number of benzene rings is 1. The van der Waals surface area contributed by atoms with E-state index in [-0.39, 0.29) is 5.75 Å². The molecule has 1 nitrogen and oxygen atoms in total. The zero-order valence-corrected chi connectivity index (χ0v) is 11.7. The molecule has 102 valence electrons. The first kappa shape index (κ1) is 16.9. The monoisotopic (exact) mass is 278 g/mol. The number of allylic oxidation sites excluding steroid dienone is 1. The van der Waals surface area contributed by atoms with Crippen LogP contribution in [0.5, 0.6) is 5.75 Å². The van der Waals surface area contributed by atoms with Crippen LogP contribution in [0.2, 0.25) is 0 Å². The zero-order valence-electron chi connectivity index (χ0n) is 10.9. The molecule has 0 atom stereocenters. The third kappa shape index (κ3) is 6.59. The van der Waals surface area contributed by atoms with E-state index in [4.69, 9.17) is 0 Å². The van der Waals surface area contributed by atoms with E-state index in [1.165, 1.54) is 23.9 Å². The van der Waals surface area contributed by atoms with Crippen molar-refractivity contribution in [2.75, 3.05) is 0 Å².